The number of methoxy groups -OCH3 is 1. The molecule has 0 amide bonds. The first-order chi connectivity index (χ1) is 9.74. The summed E-state index contributed by atoms with van der Waals surface area (Å²) in [6, 6.07) is 6.13. The maximum Gasteiger partial charge on any atom is 0.121 e. The number of benzene rings is 1. The molecule has 108 valence electrons. The second-order valence-corrected chi connectivity index (χ2v) is 5.73. The molecular weight excluding hydrogens is 250 g/mol. The van der Waals surface area contributed by atoms with Crippen molar-refractivity contribution in [2.24, 2.45) is 5.73 Å². The van der Waals surface area contributed by atoms with E-state index in [1.165, 1.54) is 24.2 Å². The van der Waals surface area contributed by atoms with Gasteiger partial charge in [-0.15, -0.1) is 0 Å². The number of hydrogen-bond acceptors (Lipinski definition) is 3. The topological polar surface area (TPSA) is 53.1 Å². The summed E-state index contributed by atoms with van der Waals surface area (Å²) in [5.74, 6) is 2.03. The molecule has 4 heteroatoms. The highest BCUT2D eigenvalue weighted by molar-refractivity contribution is 5.78. The van der Waals surface area contributed by atoms with Crippen molar-refractivity contribution in [1.29, 1.82) is 0 Å². The number of imidazole rings is 1. The van der Waals surface area contributed by atoms with Gasteiger partial charge in [-0.25, -0.2) is 4.98 Å². The van der Waals surface area contributed by atoms with Crippen molar-refractivity contribution in [3.05, 3.63) is 24.0 Å². The van der Waals surface area contributed by atoms with Crippen LogP contribution in [0.5, 0.6) is 5.75 Å². The first kappa shape index (κ1) is 13.4. The molecule has 0 spiro atoms. The molecular formula is C16H23N3O. The molecule has 2 aromatic rings. The van der Waals surface area contributed by atoms with Crippen molar-refractivity contribution in [3.8, 4) is 5.75 Å². The van der Waals surface area contributed by atoms with Gasteiger partial charge in [0.2, 0.25) is 0 Å². The molecule has 2 N–H and O–H groups in total. The number of nitrogens with zero attached hydrogens (tertiary/aromatic N) is 2. The van der Waals surface area contributed by atoms with Crippen molar-refractivity contribution < 1.29 is 4.74 Å². The van der Waals surface area contributed by atoms with Gasteiger partial charge < -0.3 is 15.0 Å². The molecule has 20 heavy (non-hydrogen) atoms. The zero-order chi connectivity index (χ0) is 14.2. The van der Waals surface area contributed by atoms with Gasteiger partial charge in [0.1, 0.15) is 11.6 Å². The highest BCUT2D eigenvalue weighted by Crippen LogP contribution is 2.41. The van der Waals surface area contributed by atoms with E-state index in [-0.39, 0.29) is 5.41 Å². The molecule has 3 rings (SSSR count). The highest BCUT2D eigenvalue weighted by Gasteiger charge is 2.38. The molecule has 1 aromatic carbocycles. The van der Waals surface area contributed by atoms with Gasteiger partial charge in [0.05, 0.1) is 18.1 Å². The van der Waals surface area contributed by atoms with Crippen LogP contribution in [-0.2, 0) is 12.0 Å². The largest absolute Gasteiger partial charge is 0.497 e. The van der Waals surface area contributed by atoms with E-state index in [4.69, 9.17) is 15.5 Å². The van der Waals surface area contributed by atoms with E-state index in [1.54, 1.807) is 7.11 Å². The number of ether oxygens (including phenoxy) is 1. The van der Waals surface area contributed by atoms with E-state index in [1.807, 2.05) is 12.1 Å². The third-order valence-electron chi connectivity index (χ3n) is 4.70. The summed E-state index contributed by atoms with van der Waals surface area (Å²) in [7, 11) is 1.69. The fraction of sp³-hybridized carbons (Fsp3) is 0.562. The molecule has 1 aliphatic carbocycles. The van der Waals surface area contributed by atoms with Gasteiger partial charge in [-0.1, -0.05) is 12.8 Å². The van der Waals surface area contributed by atoms with Crippen molar-refractivity contribution in [3.63, 3.8) is 0 Å². The minimum atomic E-state index is 0.0717. The van der Waals surface area contributed by atoms with Crippen LogP contribution in [0.15, 0.2) is 18.2 Å². The van der Waals surface area contributed by atoms with E-state index in [2.05, 4.69) is 17.6 Å². The monoisotopic (exact) mass is 273 g/mol. The Labute approximate surface area is 119 Å². The van der Waals surface area contributed by atoms with Crippen LogP contribution in [0.25, 0.3) is 11.0 Å². The van der Waals surface area contributed by atoms with Crippen LogP contribution in [-0.4, -0.2) is 23.2 Å². The fourth-order valence-electron chi connectivity index (χ4n) is 3.53. The van der Waals surface area contributed by atoms with Gasteiger partial charge in [-0.3, -0.25) is 0 Å². The predicted molar refractivity (Wildman–Crippen MR) is 81.2 cm³/mol. The molecule has 1 aliphatic rings. The average Bonchev–Trinajstić information content (AvgIpc) is 3.11. The van der Waals surface area contributed by atoms with E-state index in [9.17, 15) is 0 Å². The van der Waals surface area contributed by atoms with Gasteiger partial charge >= 0.3 is 0 Å². The Kier molecular flexibility index (Phi) is 3.42. The van der Waals surface area contributed by atoms with Crippen LogP contribution < -0.4 is 10.5 Å². The molecule has 1 heterocycles. The Hall–Kier alpha value is -1.55. The van der Waals surface area contributed by atoms with Crippen LogP contribution in [0, 0.1) is 0 Å². The number of aryl methyl sites for hydroxylation is 1. The first-order valence-electron chi connectivity index (χ1n) is 7.49. The summed E-state index contributed by atoms with van der Waals surface area (Å²) in [4.78, 5) is 4.92. The van der Waals surface area contributed by atoms with Crippen molar-refractivity contribution in [2.45, 2.75) is 44.6 Å². The molecule has 4 nitrogen and oxygen atoms in total. The quantitative estimate of drug-likeness (QED) is 0.932. The normalized spacial score (nSPS) is 17.8. The second kappa shape index (κ2) is 5.09. The maximum atomic E-state index is 6.12. The van der Waals surface area contributed by atoms with Gasteiger partial charge in [0, 0.05) is 24.6 Å². The van der Waals surface area contributed by atoms with Gasteiger partial charge in [0.15, 0.2) is 0 Å². The Morgan fingerprint density at radius 1 is 1.35 bits per heavy atom. The number of nitrogens with two attached hydrogens (primary N) is 1. The molecule has 1 fully saturated rings. The lowest BCUT2D eigenvalue weighted by molar-refractivity contribution is 0.407. The SMILES string of the molecule is CCn1c(C2(CN)CCCC2)nc2cc(OC)ccc21. The average molecular weight is 273 g/mol. The minimum absolute atomic E-state index is 0.0717. The van der Waals surface area contributed by atoms with Crippen molar-refractivity contribution >= 4 is 11.0 Å². The molecule has 0 aliphatic heterocycles. The molecule has 0 atom stereocenters. The third-order valence-corrected chi connectivity index (χ3v) is 4.70. The number of hydrogen-bond donors (Lipinski definition) is 1. The summed E-state index contributed by atoms with van der Waals surface area (Å²) < 4.78 is 7.63. The summed E-state index contributed by atoms with van der Waals surface area (Å²) in [5, 5.41) is 0. The van der Waals surface area contributed by atoms with Gasteiger partial charge in [-0.2, -0.15) is 0 Å². The Bertz CT molecular complexity index is 611. The van der Waals surface area contributed by atoms with Gasteiger partial charge in [-0.05, 0) is 31.9 Å². The zero-order valence-electron chi connectivity index (χ0n) is 12.4. The third kappa shape index (κ3) is 1.90. The molecule has 1 saturated carbocycles. The molecule has 0 saturated heterocycles. The summed E-state index contributed by atoms with van der Waals surface area (Å²) in [5.41, 5.74) is 8.39. The van der Waals surface area contributed by atoms with E-state index >= 15 is 0 Å². The Balaban J connectivity index is 2.19. The first-order valence-corrected chi connectivity index (χ1v) is 7.49. The summed E-state index contributed by atoms with van der Waals surface area (Å²) >= 11 is 0. The number of aromatic nitrogens is 2. The second-order valence-electron chi connectivity index (χ2n) is 5.73. The lowest BCUT2D eigenvalue weighted by atomic mass is 9.85. The molecule has 0 radical (unpaired) electrons. The van der Waals surface area contributed by atoms with Crippen molar-refractivity contribution in [1.82, 2.24) is 9.55 Å². The van der Waals surface area contributed by atoms with Crippen LogP contribution in [0.4, 0.5) is 0 Å². The summed E-state index contributed by atoms with van der Waals surface area (Å²) in [6.45, 7) is 3.79. The minimum Gasteiger partial charge on any atom is -0.497 e. The van der Waals surface area contributed by atoms with Crippen LogP contribution in [0.1, 0.15) is 38.4 Å². The molecule has 0 bridgehead atoms. The molecule has 1 aromatic heterocycles. The number of fused-ring (bicyclic) bond motifs is 1. The van der Waals surface area contributed by atoms with Crippen LogP contribution in [0.2, 0.25) is 0 Å². The number of rotatable bonds is 4. The van der Waals surface area contributed by atoms with E-state index in [0.29, 0.717) is 6.54 Å². The Morgan fingerprint density at radius 2 is 2.10 bits per heavy atom. The molecule has 0 unspecified atom stereocenters. The van der Waals surface area contributed by atoms with Crippen LogP contribution >= 0.6 is 0 Å². The lowest BCUT2D eigenvalue weighted by Crippen LogP contribution is -2.35. The van der Waals surface area contributed by atoms with Gasteiger partial charge in [0.25, 0.3) is 0 Å². The maximum absolute atomic E-state index is 6.12. The lowest BCUT2D eigenvalue weighted by Gasteiger charge is -2.27. The highest BCUT2D eigenvalue weighted by atomic mass is 16.5. The standard InChI is InChI=1S/C16H23N3O/c1-3-19-14-7-6-12(20-2)10-13(14)18-15(19)16(11-17)8-4-5-9-16/h6-7,10H,3-5,8-9,11,17H2,1-2H3. The van der Waals surface area contributed by atoms with E-state index < -0.39 is 0 Å². The zero-order valence-corrected chi connectivity index (χ0v) is 12.4. The summed E-state index contributed by atoms with van der Waals surface area (Å²) in [6.07, 6.45) is 4.83. The smallest absolute Gasteiger partial charge is 0.121 e. The predicted octanol–water partition coefficient (Wildman–Crippen LogP) is 2.84. The fourth-order valence-corrected chi connectivity index (χ4v) is 3.53. The van der Waals surface area contributed by atoms with Crippen LogP contribution in [0.3, 0.4) is 0 Å². The van der Waals surface area contributed by atoms with E-state index in [0.717, 1.165) is 30.7 Å². The van der Waals surface area contributed by atoms with Crippen molar-refractivity contribution in [2.75, 3.05) is 13.7 Å². The Morgan fingerprint density at radius 3 is 2.70 bits per heavy atom.